The van der Waals surface area contributed by atoms with Gasteiger partial charge in [-0.15, -0.1) is 22.7 Å². The van der Waals surface area contributed by atoms with E-state index < -0.39 is 58.7 Å². The number of aromatic nitrogens is 8. The number of hydrogen-bond donors (Lipinski definition) is 2. The predicted molar refractivity (Wildman–Crippen MR) is 216 cm³/mol. The summed E-state index contributed by atoms with van der Waals surface area (Å²) in [5, 5.41) is 38.5. The molecule has 12 nitrogen and oxygen atoms in total. The van der Waals surface area contributed by atoms with Gasteiger partial charge in [0.2, 0.25) is 0 Å². The molecule has 8 rings (SSSR count). The standard InChI is InChI=1S/C20H15ClF4N4O2S.C19H13ClF4N4O2S/c1-2-10(30)9-29-18(20(23,24)25)11(8-27-29)17-15(19-26-6-7-32-19)16(28-31-17)14-12(21)4-3-5-13(14)22;1-9(29)8-28-17(19(22,23)24)10(7-26-28)16-14(18-25-5-6-31-18)15(27-30-16)13-11(20)3-2-4-12(13)21/h3-8,10,30H,2,9H2,1H3;2-7,9,29H,8H2,1H3. The van der Waals surface area contributed by atoms with Crippen molar-refractivity contribution in [2.45, 2.75) is 57.9 Å². The van der Waals surface area contributed by atoms with Gasteiger partial charge in [-0.05, 0) is 37.6 Å². The first kappa shape index (κ1) is 45.5. The number of halogens is 10. The second-order valence-corrected chi connectivity index (χ2v) is 16.0. The summed E-state index contributed by atoms with van der Waals surface area (Å²) in [6.07, 6.45) is -6.63. The average molecular weight is 960 g/mol. The molecule has 0 spiro atoms. The van der Waals surface area contributed by atoms with Gasteiger partial charge in [0.15, 0.2) is 22.9 Å². The van der Waals surface area contributed by atoms with Crippen LogP contribution < -0.4 is 0 Å². The Labute approximate surface area is 368 Å². The van der Waals surface area contributed by atoms with Gasteiger partial charge >= 0.3 is 12.4 Å². The monoisotopic (exact) mass is 958 g/mol. The van der Waals surface area contributed by atoms with Crippen LogP contribution in [0.4, 0.5) is 35.1 Å². The van der Waals surface area contributed by atoms with Crippen LogP contribution in [-0.4, -0.2) is 62.3 Å². The molecule has 0 amide bonds. The van der Waals surface area contributed by atoms with Crippen molar-refractivity contribution in [3.05, 3.63) is 105 Å². The lowest BCUT2D eigenvalue weighted by atomic mass is 10.0. The minimum Gasteiger partial charge on any atom is -0.391 e. The number of aliphatic hydroxyl groups is 2. The highest BCUT2D eigenvalue weighted by atomic mass is 35.5. The fraction of sp³-hybridized carbons (Fsp3) is 0.231. The van der Waals surface area contributed by atoms with Crippen LogP contribution in [0.5, 0.6) is 0 Å². The first-order valence-electron chi connectivity index (χ1n) is 18.2. The van der Waals surface area contributed by atoms with Crippen molar-refractivity contribution in [2.75, 3.05) is 0 Å². The van der Waals surface area contributed by atoms with Gasteiger partial charge in [0.1, 0.15) is 33.0 Å². The molecule has 330 valence electrons. The normalized spacial score (nSPS) is 13.0. The van der Waals surface area contributed by atoms with Crippen LogP contribution in [0.15, 0.2) is 81.0 Å². The van der Waals surface area contributed by atoms with E-state index in [1.54, 1.807) is 17.7 Å². The molecule has 24 heteroatoms. The van der Waals surface area contributed by atoms with Gasteiger partial charge in [-0.25, -0.2) is 18.7 Å². The Morgan fingerprint density at radius 3 is 1.46 bits per heavy atom. The predicted octanol–water partition coefficient (Wildman–Crippen LogP) is 11.4. The average Bonchev–Trinajstić information content (AvgIpc) is 4.05. The van der Waals surface area contributed by atoms with Gasteiger partial charge in [-0.1, -0.05) is 52.6 Å². The van der Waals surface area contributed by atoms with Crippen LogP contribution in [0, 0.1) is 11.6 Å². The van der Waals surface area contributed by atoms with Crippen molar-refractivity contribution >= 4 is 45.9 Å². The zero-order valence-electron chi connectivity index (χ0n) is 32.1. The number of benzene rings is 2. The lowest BCUT2D eigenvalue weighted by Gasteiger charge is -2.14. The molecule has 0 radical (unpaired) electrons. The Morgan fingerprint density at radius 1 is 0.683 bits per heavy atom. The van der Waals surface area contributed by atoms with Crippen molar-refractivity contribution < 1.29 is 54.4 Å². The molecule has 0 saturated carbocycles. The van der Waals surface area contributed by atoms with E-state index in [1.807, 2.05) is 0 Å². The van der Waals surface area contributed by atoms with Crippen molar-refractivity contribution in [2.24, 2.45) is 0 Å². The molecule has 63 heavy (non-hydrogen) atoms. The van der Waals surface area contributed by atoms with Gasteiger partial charge in [-0.3, -0.25) is 9.36 Å². The van der Waals surface area contributed by atoms with Crippen LogP contribution in [-0.2, 0) is 25.4 Å². The first-order valence-corrected chi connectivity index (χ1v) is 20.7. The number of rotatable bonds is 11. The van der Waals surface area contributed by atoms with E-state index in [4.69, 9.17) is 32.2 Å². The molecular formula is C39H28Cl2F8N8O4S2. The number of thiazole rings is 2. The van der Waals surface area contributed by atoms with Gasteiger partial charge in [-0.2, -0.15) is 36.5 Å². The van der Waals surface area contributed by atoms with Crippen molar-refractivity contribution in [1.29, 1.82) is 0 Å². The highest BCUT2D eigenvalue weighted by Crippen LogP contribution is 2.48. The van der Waals surface area contributed by atoms with E-state index in [-0.39, 0.29) is 84.7 Å². The Hall–Kier alpha value is -5.52. The fourth-order valence-corrected chi connectivity index (χ4v) is 8.25. The van der Waals surface area contributed by atoms with Crippen LogP contribution >= 0.6 is 45.9 Å². The third-order valence-corrected chi connectivity index (χ3v) is 11.3. The smallest absolute Gasteiger partial charge is 0.391 e. The van der Waals surface area contributed by atoms with Crippen LogP contribution in [0.25, 0.3) is 66.3 Å². The Kier molecular flexibility index (Phi) is 13.2. The molecule has 0 saturated heterocycles. The lowest BCUT2D eigenvalue weighted by molar-refractivity contribution is -0.145. The molecule has 2 aromatic carbocycles. The molecule has 6 aromatic heterocycles. The van der Waals surface area contributed by atoms with Gasteiger partial charge in [0, 0.05) is 23.2 Å². The molecule has 0 aliphatic carbocycles. The minimum atomic E-state index is -4.82. The Bertz CT molecular complexity index is 2800. The van der Waals surface area contributed by atoms with Gasteiger partial charge in [0.05, 0.1) is 81.1 Å². The summed E-state index contributed by atoms with van der Waals surface area (Å²) in [5.74, 6) is -1.99. The van der Waals surface area contributed by atoms with Crippen molar-refractivity contribution in [3.63, 3.8) is 0 Å². The van der Waals surface area contributed by atoms with Crippen LogP contribution in [0.1, 0.15) is 31.7 Å². The summed E-state index contributed by atoms with van der Waals surface area (Å²) < 4.78 is 125. The molecule has 0 aliphatic rings. The molecule has 2 unspecified atom stereocenters. The maximum absolute atomic E-state index is 14.6. The molecule has 8 aromatic rings. The van der Waals surface area contributed by atoms with E-state index in [2.05, 4.69) is 30.5 Å². The summed E-state index contributed by atoms with van der Waals surface area (Å²) in [6, 6.07) is 7.98. The highest BCUT2D eigenvalue weighted by molar-refractivity contribution is 7.13. The molecule has 2 N–H and O–H groups in total. The zero-order chi connectivity index (χ0) is 45.4. The van der Waals surface area contributed by atoms with Crippen LogP contribution in [0.3, 0.4) is 0 Å². The SMILES string of the molecule is CC(O)Cn1ncc(-c2onc(-c3c(F)cccc3Cl)c2-c2nccs2)c1C(F)(F)F.CCC(O)Cn1ncc(-c2onc(-c3c(F)cccc3Cl)c2-c2nccs2)c1C(F)(F)F. The number of alkyl halides is 6. The zero-order valence-corrected chi connectivity index (χ0v) is 35.2. The van der Waals surface area contributed by atoms with Crippen molar-refractivity contribution in [3.8, 4) is 66.3 Å². The summed E-state index contributed by atoms with van der Waals surface area (Å²) in [7, 11) is 0. The van der Waals surface area contributed by atoms with Crippen molar-refractivity contribution in [1.82, 2.24) is 39.8 Å². The second-order valence-electron chi connectivity index (χ2n) is 13.4. The highest BCUT2D eigenvalue weighted by Gasteiger charge is 2.43. The maximum Gasteiger partial charge on any atom is 0.433 e. The van der Waals surface area contributed by atoms with Gasteiger partial charge in [0.25, 0.3) is 0 Å². The number of hydrogen-bond acceptors (Lipinski definition) is 12. The maximum atomic E-state index is 14.6. The fourth-order valence-electron chi connectivity index (χ4n) is 6.38. The molecular weight excluding hydrogens is 932 g/mol. The molecule has 0 aliphatic heterocycles. The molecule has 6 heterocycles. The second kappa shape index (κ2) is 18.3. The molecule has 0 fully saturated rings. The topological polar surface area (TPSA) is 154 Å². The van der Waals surface area contributed by atoms with Crippen LogP contribution in [0.2, 0.25) is 10.0 Å². The lowest BCUT2D eigenvalue weighted by Crippen LogP contribution is -2.22. The van der Waals surface area contributed by atoms with E-state index in [0.29, 0.717) is 9.36 Å². The summed E-state index contributed by atoms with van der Waals surface area (Å²) in [6.45, 7) is 2.23. The van der Waals surface area contributed by atoms with E-state index in [0.717, 1.165) is 47.2 Å². The van der Waals surface area contributed by atoms with E-state index >= 15 is 0 Å². The van der Waals surface area contributed by atoms with E-state index in [9.17, 15) is 45.3 Å². The molecule has 2 atom stereocenters. The Morgan fingerprint density at radius 2 is 1.11 bits per heavy atom. The summed E-state index contributed by atoms with van der Waals surface area (Å²) in [4.78, 5) is 8.30. The number of aliphatic hydroxyl groups excluding tert-OH is 2. The quantitative estimate of drug-likeness (QED) is 0.120. The third kappa shape index (κ3) is 9.27. The van der Waals surface area contributed by atoms with E-state index in [1.165, 1.54) is 43.6 Å². The Balaban J connectivity index is 0.000000189. The summed E-state index contributed by atoms with van der Waals surface area (Å²) in [5.41, 5.74) is -3.33. The number of nitrogens with zero attached hydrogens (tertiary/aromatic N) is 8. The summed E-state index contributed by atoms with van der Waals surface area (Å²) >= 11 is 14.6. The first-order chi connectivity index (χ1) is 29.9. The largest absolute Gasteiger partial charge is 0.433 e. The molecule has 0 bridgehead atoms. The third-order valence-electron chi connectivity index (χ3n) is 9.07. The minimum absolute atomic E-state index is 0.0125. The van der Waals surface area contributed by atoms with Gasteiger partial charge < -0.3 is 19.3 Å².